The Kier molecular flexibility index (Phi) is 7.37. The Hall–Kier alpha value is -4.55. The lowest BCUT2D eigenvalue weighted by Gasteiger charge is -2.16. The molecular formula is C26H22ClN5O4. The molecule has 0 spiro atoms. The fraction of sp³-hybridized carbons (Fsp3) is 0.154. The van der Waals surface area contributed by atoms with Crippen LogP contribution in [0.25, 0.3) is 10.9 Å². The molecule has 0 aliphatic rings. The van der Waals surface area contributed by atoms with E-state index in [-0.39, 0.29) is 12.5 Å². The zero-order valence-corrected chi connectivity index (χ0v) is 20.3. The maximum atomic E-state index is 11.8. The summed E-state index contributed by atoms with van der Waals surface area (Å²) in [6, 6.07) is 15.7. The molecule has 0 saturated heterocycles. The van der Waals surface area contributed by atoms with Crippen LogP contribution in [0.3, 0.4) is 0 Å². The van der Waals surface area contributed by atoms with E-state index in [1.165, 1.54) is 19.3 Å². The summed E-state index contributed by atoms with van der Waals surface area (Å²) in [6.07, 6.45) is 2.86. The largest absolute Gasteiger partial charge is 0.618 e. The molecule has 2 aromatic heterocycles. The smallest absolute Gasteiger partial charge is 0.230 e. The van der Waals surface area contributed by atoms with Gasteiger partial charge in [-0.15, -0.1) is 0 Å². The second-order valence-electron chi connectivity index (χ2n) is 7.72. The summed E-state index contributed by atoms with van der Waals surface area (Å²) in [6.45, 7) is 3.71. The molecule has 0 unspecified atom stereocenters. The minimum absolute atomic E-state index is 0.0541. The van der Waals surface area contributed by atoms with E-state index < -0.39 is 0 Å². The maximum absolute atomic E-state index is 11.8. The Morgan fingerprint density at radius 2 is 2.03 bits per heavy atom. The second kappa shape index (κ2) is 10.8. The maximum Gasteiger partial charge on any atom is 0.230 e. The van der Waals surface area contributed by atoms with Crippen molar-refractivity contribution >= 4 is 45.5 Å². The first-order chi connectivity index (χ1) is 17.4. The summed E-state index contributed by atoms with van der Waals surface area (Å²) in [7, 11) is 0. The predicted molar refractivity (Wildman–Crippen MR) is 136 cm³/mol. The second-order valence-corrected chi connectivity index (χ2v) is 8.12. The van der Waals surface area contributed by atoms with Crippen LogP contribution in [0.2, 0.25) is 5.02 Å². The number of nitriles is 1. The number of hydrogen-bond donors (Lipinski definition) is 2. The molecule has 4 aromatic rings. The van der Waals surface area contributed by atoms with Gasteiger partial charge in [0, 0.05) is 42.4 Å². The number of fused-ring (bicyclic) bond motifs is 1. The molecule has 2 N–H and O–H groups in total. The molecule has 9 nitrogen and oxygen atoms in total. The molecule has 0 aliphatic carbocycles. The lowest BCUT2D eigenvalue weighted by atomic mass is 10.1. The van der Waals surface area contributed by atoms with E-state index in [1.807, 2.05) is 6.92 Å². The molecule has 0 radical (unpaired) electrons. The zero-order valence-electron chi connectivity index (χ0n) is 19.5. The summed E-state index contributed by atoms with van der Waals surface area (Å²) in [5.41, 5.74) is 2.90. The number of amides is 1. The predicted octanol–water partition coefficient (Wildman–Crippen LogP) is 5.07. The van der Waals surface area contributed by atoms with Crippen LogP contribution in [0.4, 0.5) is 17.1 Å². The van der Waals surface area contributed by atoms with Crippen molar-refractivity contribution in [3.63, 3.8) is 0 Å². The van der Waals surface area contributed by atoms with Crippen molar-refractivity contribution in [3.8, 4) is 17.6 Å². The third-order valence-electron chi connectivity index (χ3n) is 5.18. The van der Waals surface area contributed by atoms with Gasteiger partial charge in [0.2, 0.25) is 11.6 Å². The number of carbonyl (C=O) groups is 1. The summed E-state index contributed by atoms with van der Waals surface area (Å²) in [5, 5.41) is 28.5. The van der Waals surface area contributed by atoms with Gasteiger partial charge in [0.1, 0.15) is 17.6 Å². The SMILES string of the molecule is CCOc1cc2ncc(C#N)c(Nc3ccc(OCc4cccc[n+]4[O-])c(Cl)c3)c2cc1NC(C)=O. The van der Waals surface area contributed by atoms with Crippen molar-refractivity contribution in [1.29, 1.82) is 5.26 Å². The lowest BCUT2D eigenvalue weighted by molar-refractivity contribution is -0.616. The lowest BCUT2D eigenvalue weighted by Crippen LogP contribution is -2.31. The van der Waals surface area contributed by atoms with Crippen LogP contribution in [-0.2, 0) is 11.4 Å². The highest BCUT2D eigenvalue weighted by Gasteiger charge is 2.16. The summed E-state index contributed by atoms with van der Waals surface area (Å²) in [5.74, 6) is 0.626. The van der Waals surface area contributed by atoms with Gasteiger partial charge in [0.05, 0.1) is 34.1 Å². The summed E-state index contributed by atoms with van der Waals surface area (Å²) >= 11 is 6.44. The molecule has 0 bridgehead atoms. The minimum atomic E-state index is -0.255. The summed E-state index contributed by atoms with van der Waals surface area (Å²) in [4.78, 5) is 16.1. The van der Waals surface area contributed by atoms with Gasteiger partial charge >= 0.3 is 0 Å². The molecule has 0 fully saturated rings. The Bertz CT molecular complexity index is 1490. The van der Waals surface area contributed by atoms with Gasteiger partial charge in [-0.25, -0.2) is 0 Å². The fourth-order valence-corrected chi connectivity index (χ4v) is 3.80. The first kappa shape index (κ1) is 24.6. The topological polar surface area (TPSA) is 123 Å². The molecule has 2 aromatic carbocycles. The highest BCUT2D eigenvalue weighted by molar-refractivity contribution is 6.32. The monoisotopic (exact) mass is 503 g/mol. The number of aromatic nitrogens is 2. The van der Waals surface area contributed by atoms with Crippen molar-refractivity contribution in [2.45, 2.75) is 20.5 Å². The van der Waals surface area contributed by atoms with Crippen molar-refractivity contribution in [1.82, 2.24) is 4.98 Å². The number of nitrogens with zero attached hydrogens (tertiary/aromatic N) is 3. The Balaban J connectivity index is 1.67. The summed E-state index contributed by atoms with van der Waals surface area (Å²) < 4.78 is 12.1. The van der Waals surface area contributed by atoms with Crippen molar-refractivity contribution in [3.05, 3.63) is 82.4 Å². The minimum Gasteiger partial charge on any atom is -0.618 e. The number of hydrogen-bond acceptors (Lipinski definition) is 7. The van der Waals surface area contributed by atoms with Crippen LogP contribution in [0.5, 0.6) is 11.5 Å². The quantitative estimate of drug-likeness (QED) is 0.254. The number of pyridine rings is 2. The van der Waals surface area contributed by atoms with Crippen molar-refractivity contribution < 1.29 is 19.0 Å². The molecule has 2 heterocycles. The van der Waals surface area contributed by atoms with Crippen LogP contribution < -0.4 is 24.8 Å². The average Bonchev–Trinajstić information content (AvgIpc) is 2.85. The molecule has 1 amide bonds. The van der Waals surface area contributed by atoms with Gasteiger partial charge in [-0.1, -0.05) is 11.6 Å². The third-order valence-corrected chi connectivity index (χ3v) is 5.48. The van der Waals surface area contributed by atoms with E-state index in [9.17, 15) is 15.3 Å². The van der Waals surface area contributed by atoms with Gasteiger partial charge in [0.15, 0.2) is 12.8 Å². The Morgan fingerprint density at radius 3 is 2.72 bits per heavy atom. The van der Waals surface area contributed by atoms with E-state index in [2.05, 4.69) is 21.7 Å². The fourth-order valence-electron chi connectivity index (χ4n) is 3.57. The van der Waals surface area contributed by atoms with E-state index in [1.54, 1.807) is 48.5 Å². The Morgan fingerprint density at radius 1 is 1.19 bits per heavy atom. The molecule has 10 heteroatoms. The van der Waals surface area contributed by atoms with Crippen LogP contribution in [0.1, 0.15) is 25.1 Å². The molecular weight excluding hydrogens is 482 g/mol. The van der Waals surface area contributed by atoms with Gasteiger partial charge in [-0.3, -0.25) is 9.78 Å². The van der Waals surface area contributed by atoms with E-state index in [0.717, 1.165) is 4.73 Å². The molecule has 0 saturated carbocycles. The van der Waals surface area contributed by atoms with Crippen LogP contribution in [0.15, 0.2) is 60.9 Å². The van der Waals surface area contributed by atoms with Crippen molar-refractivity contribution in [2.75, 3.05) is 17.2 Å². The number of halogens is 1. The molecule has 0 atom stereocenters. The third kappa shape index (κ3) is 5.40. The van der Waals surface area contributed by atoms with Crippen LogP contribution >= 0.6 is 11.6 Å². The number of rotatable bonds is 8. The average molecular weight is 504 g/mol. The number of anilines is 3. The molecule has 4 rings (SSSR count). The number of ether oxygens (including phenoxy) is 2. The Labute approximate surface area is 212 Å². The highest BCUT2D eigenvalue weighted by atomic mass is 35.5. The molecule has 36 heavy (non-hydrogen) atoms. The first-order valence-corrected chi connectivity index (χ1v) is 11.4. The van der Waals surface area contributed by atoms with Gasteiger partial charge in [-0.05, 0) is 37.3 Å². The van der Waals surface area contributed by atoms with Gasteiger partial charge < -0.3 is 25.3 Å². The van der Waals surface area contributed by atoms with E-state index in [4.69, 9.17) is 21.1 Å². The zero-order chi connectivity index (χ0) is 25.7. The molecule has 0 aliphatic heterocycles. The first-order valence-electron chi connectivity index (χ1n) is 11.0. The standard InChI is InChI=1S/C26H22ClN5O4/c1-3-35-25-12-22-20(11-23(25)30-16(2)33)26(17(13-28)14-29-22)31-18-7-8-24(21(27)10-18)36-15-19-6-4-5-9-32(19)34/h4-12,14H,3,15H2,1-2H3,(H,29,31)(H,30,33). The molecule has 182 valence electrons. The number of benzene rings is 2. The van der Waals surface area contributed by atoms with Gasteiger partial charge in [0.25, 0.3) is 0 Å². The van der Waals surface area contributed by atoms with Crippen molar-refractivity contribution in [2.24, 2.45) is 0 Å². The number of carbonyl (C=O) groups excluding carboxylic acids is 1. The number of nitrogens with one attached hydrogen (secondary N) is 2. The van der Waals surface area contributed by atoms with Crippen LogP contribution in [0, 0.1) is 16.5 Å². The van der Waals surface area contributed by atoms with E-state index in [0.29, 0.717) is 62.4 Å². The van der Waals surface area contributed by atoms with E-state index >= 15 is 0 Å². The van der Waals surface area contributed by atoms with Crippen LogP contribution in [-0.4, -0.2) is 17.5 Å². The van der Waals surface area contributed by atoms with Gasteiger partial charge in [-0.2, -0.15) is 9.99 Å². The highest BCUT2D eigenvalue weighted by Crippen LogP contribution is 2.37. The normalized spacial score (nSPS) is 10.5.